The lowest BCUT2D eigenvalue weighted by Gasteiger charge is -2.10. The molecule has 0 aliphatic carbocycles. The van der Waals surface area contributed by atoms with E-state index in [1.165, 1.54) is 38.4 Å². The summed E-state index contributed by atoms with van der Waals surface area (Å²) in [7, 11) is 0. The monoisotopic (exact) mass is 422 g/mol. The summed E-state index contributed by atoms with van der Waals surface area (Å²) in [4.78, 5) is 41.1. The fraction of sp³-hybridized carbons (Fsp3) is 0.316. The molecular formula is C19H20F2N4O5. The maximum absolute atomic E-state index is 14.2. The first-order valence-corrected chi connectivity index (χ1v) is 8.89. The Hall–Kier alpha value is -3.63. The second-order valence-electron chi connectivity index (χ2n) is 6.07. The number of hydrogen-bond donors (Lipinski definition) is 2. The van der Waals surface area contributed by atoms with Crippen molar-refractivity contribution < 1.29 is 32.6 Å². The van der Waals surface area contributed by atoms with Gasteiger partial charge in [0.05, 0.1) is 13.2 Å². The molecule has 0 aliphatic heterocycles. The van der Waals surface area contributed by atoms with Crippen LogP contribution in [0.1, 0.15) is 25.0 Å². The van der Waals surface area contributed by atoms with Crippen molar-refractivity contribution in [2.24, 2.45) is 0 Å². The fourth-order valence-corrected chi connectivity index (χ4v) is 2.39. The first-order valence-electron chi connectivity index (χ1n) is 8.89. The average Bonchev–Trinajstić information content (AvgIpc) is 2.67. The van der Waals surface area contributed by atoms with Gasteiger partial charge in [-0.2, -0.15) is 0 Å². The van der Waals surface area contributed by atoms with Crippen LogP contribution in [-0.4, -0.2) is 41.2 Å². The number of ether oxygens (including phenoxy) is 2. The van der Waals surface area contributed by atoms with Gasteiger partial charge in [0.1, 0.15) is 0 Å². The van der Waals surface area contributed by atoms with Crippen LogP contribution in [0.3, 0.4) is 0 Å². The van der Waals surface area contributed by atoms with Gasteiger partial charge in [0.15, 0.2) is 23.3 Å². The van der Waals surface area contributed by atoms with E-state index in [4.69, 9.17) is 9.47 Å². The molecule has 9 nitrogen and oxygen atoms in total. The summed E-state index contributed by atoms with van der Waals surface area (Å²) >= 11 is 0. The van der Waals surface area contributed by atoms with Crippen LogP contribution >= 0.6 is 0 Å². The van der Waals surface area contributed by atoms with Crippen molar-refractivity contribution in [3.8, 4) is 0 Å². The summed E-state index contributed by atoms with van der Waals surface area (Å²) in [6, 6.07) is 2.79. The molecule has 2 amide bonds. The molecule has 0 unspecified atom stereocenters. The van der Waals surface area contributed by atoms with Gasteiger partial charge in [-0.15, -0.1) is 0 Å². The molecule has 0 spiro atoms. The van der Waals surface area contributed by atoms with Crippen LogP contribution in [0.5, 0.6) is 0 Å². The standard InChI is InChI=1S/C19H20F2N4O5/c1-11(26)24-17-15(20)13(3-7-22-17)5-9-29-19(28)30-10-6-14-4-8-23-18(16(14)21)25-12(2)27/h3-4,7-8H,5-6,9-10H2,1-2H3,(H,22,24,26)(H,23,25,27). The molecule has 2 heterocycles. The number of carbonyl (C=O) groups excluding carboxylic acids is 3. The number of aromatic nitrogens is 2. The number of halogens is 2. The Kier molecular flexibility index (Phi) is 8.15. The van der Waals surface area contributed by atoms with E-state index in [9.17, 15) is 23.2 Å². The zero-order chi connectivity index (χ0) is 22.1. The van der Waals surface area contributed by atoms with Crippen LogP contribution in [0, 0.1) is 11.6 Å². The van der Waals surface area contributed by atoms with Crippen LogP contribution in [0.4, 0.5) is 25.2 Å². The molecule has 0 aromatic carbocycles. The number of hydrogen-bond acceptors (Lipinski definition) is 7. The molecule has 2 rings (SSSR count). The predicted octanol–water partition coefficient (Wildman–Crippen LogP) is 2.61. The normalized spacial score (nSPS) is 10.3. The quantitative estimate of drug-likeness (QED) is 0.628. The highest BCUT2D eigenvalue weighted by Crippen LogP contribution is 2.17. The lowest BCUT2D eigenvalue weighted by atomic mass is 10.2. The third-order valence-corrected chi connectivity index (χ3v) is 3.71. The van der Waals surface area contributed by atoms with Crippen molar-refractivity contribution >= 4 is 29.6 Å². The number of nitrogens with zero attached hydrogens (tertiary/aromatic N) is 2. The van der Waals surface area contributed by atoms with Crippen LogP contribution < -0.4 is 10.6 Å². The Bertz CT molecular complexity index is 866. The highest BCUT2D eigenvalue weighted by molar-refractivity contribution is 5.88. The maximum Gasteiger partial charge on any atom is 0.508 e. The molecule has 30 heavy (non-hydrogen) atoms. The number of pyridine rings is 2. The van der Waals surface area contributed by atoms with Crippen molar-refractivity contribution in [2.45, 2.75) is 26.7 Å². The van der Waals surface area contributed by atoms with E-state index < -0.39 is 29.6 Å². The van der Waals surface area contributed by atoms with Gasteiger partial charge in [0, 0.05) is 39.1 Å². The van der Waals surface area contributed by atoms with Gasteiger partial charge < -0.3 is 20.1 Å². The summed E-state index contributed by atoms with van der Waals surface area (Å²) in [5.74, 6) is -2.77. The Balaban J connectivity index is 1.79. The molecule has 11 heteroatoms. The van der Waals surface area contributed by atoms with E-state index in [-0.39, 0.29) is 48.8 Å². The Morgan fingerprint density at radius 1 is 0.833 bits per heavy atom. The third-order valence-electron chi connectivity index (χ3n) is 3.71. The SMILES string of the molecule is CC(=O)Nc1nccc(CCOC(=O)OCCc2ccnc(NC(C)=O)c2F)c1F. The summed E-state index contributed by atoms with van der Waals surface area (Å²) in [6.07, 6.45) is 1.72. The molecule has 0 radical (unpaired) electrons. The highest BCUT2D eigenvalue weighted by Gasteiger charge is 2.13. The maximum atomic E-state index is 14.2. The minimum absolute atomic E-state index is 0.0368. The molecule has 0 fully saturated rings. The molecule has 2 aromatic rings. The lowest BCUT2D eigenvalue weighted by molar-refractivity contribution is -0.115. The molecule has 0 saturated carbocycles. The van der Waals surface area contributed by atoms with E-state index in [0.29, 0.717) is 0 Å². The van der Waals surface area contributed by atoms with E-state index in [1.54, 1.807) is 0 Å². The zero-order valence-electron chi connectivity index (χ0n) is 16.3. The van der Waals surface area contributed by atoms with Crippen molar-refractivity contribution in [2.75, 3.05) is 23.8 Å². The van der Waals surface area contributed by atoms with E-state index >= 15 is 0 Å². The summed E-state index contributed by atoms with van der Waals surface area (Å²) in [5, 5.41) is 4.52. The average molecular weight is 422 g/mol. The Labute approximate surface area is 170 Å². The second kappa shape index (κ2) is 10.8. The summed E-state index contributed by atoms with van der Waals surface area (Å²) in [5.41, 5.74) is 0.400. The fourth-order valence-electron chi connectivity index (χ4n) is 2.39. The molecule has 2 N–H and O–H groups in total. The highest BCUT2D eigenvalue weighted by atomic mass is 19.1. The van der Waals surface area contributed by atoms with Crippen molar-refractivity contribution in [3.63, 3.8) is 0 Å². The first-order chi connectivity index (χ1) is 14.3. The van der Waals surface area contributed by atoms with Crippen LogP contribution in [0.25, 0.3) is 0 Å². The second-order valence-corrected chi connectivity index (χ2v) is 6.07. The van der Waals surface area contributed by atoms with Crippen LogP contribution in [0.2, 0.25) is 0 Å². The Morgan fingerprint density at radius 2 is 1.23 bits per heavy atom. The minimum Gasteiger partial charge on any atom is -0.434 e. The van der Waals surface area contributed by atoms with Gasteiger partial charge in [-0.05, 0) is 23.3 Å². The zero-order valence-corrected chi connectivity index (χ0v) is 16.3. The third kappa shape index (κ3) is 6.76. The van der Waals surface area contributed by atoms with E-state index in [1.807, 2.05) is 0 Å². The lowest BCUT2D eigenvalue weighted by Crippen LogP contribution is -2.14. The summed E-state index contributed by atoms with van der Waals surface area (Å²) in [6.45, 7) is 2.11. The van der Waals surface area contributed by atoms with Crippen molar-refractivity contribution in [1.29, 1.82) is 0 Å². The van der Waals surface area contributed by atoms with Gasteiger partial charge in [0.25, 0.3) is 0 Å². The predicted molar refractivity (Wildman–Crippen MR) is 102 cm³/mol. The molecular weight excluding hydrogens is 402 g/mol. The number of amides is 2. The molecule has 0 aliphatic rings. The molecule has 160 valence electrons. The van der Waals surface area contributed by atoms with Gasteiger partial charge in [-0.1, -0.05) is 0 Å². The van der Waals surface area contributed by atoms with E-state index in [2.05, 4.69) is 20.6 Å². The number of anilines is 2. The number of rotatable bonds is 8. The largest absolute Gasteiger partial charge is 0.508 e. The first kappa shape index (κ1) is 22.7. The van der Waals surface area contributed by atoms with Gasteiger partial charge in [-0.3, -0.25) is 9.59 Å². The van der Waals surface area contributed by atoms with Gasteiger partial charge in [-0.25, -0.2) is 23.5 Å². The number of nitrogens with one attached hydrogen (secondary N) is 2. The van der Waals surface area contributed by atoms with Crippen molar-refractivity contribution in [3.05, 3.63) is 47.3 Å². The van der Waals surface area contributed by atoms with Crippen LogP contribution in [0.15, 0.2) is 24.5 Å². The topological polar surface area (TPSA) is 120 Å². The van der Waals surface area contributed by atoms with Crippen molar-refractivity contribution in [1.82, 2.24) is 9.97 Å². The van der Waals surface area contributed by atoms with Crippen LogP contribution in [-0.2, 0) is 31.9 Å². The Morgan fingerprint density at radius 3 is 1.60 bits per heavy atom. The number of carbonyl (C=O) groups is 3. The molecule has 2 aromatic heterocycles. The summed E-state index contributed by atoms with van der Waals surface area (Å²) < 4.78 is 38.1. The van der Waals surface area contributed by atoms with Gasteiger partial charge in [0.2, 0.25) is 11.8 Å². The molecule has 0 bridgehead atoms. The van der Waals surface area contributed by atoms with Gasteiger partial charge >= 0.3 is 6.16 Å². The molecule has 0 saturated heterocycles. The minimum atomic E-state index is -0.997. The smallest absolute Gasteiger partial charge is 0.434 e. The molecule has 0 atom stereocenters. The van der Waals surface area contributed by atoms with E-state index in [0.717, 1.165) is 0 Å².